The van der Waals surface area contributed by atoms with Crippen molar-refractivity contribution in [1.29, 1.82) is 0 Å². The summed E-state index contributed by atoms with van der Waals surface area (Å²) in [7, 11) is 0. The third-order valence-electron chi connectivity index (χ3n) is 11.1. The van der Waals surface area contributed by atoms with Crippen LogP contribution in [0.5, 0.6) is 0 Å². The fraction of sp³-hybridized carbons (Fsp3) is 0.102. The quantitative estimate of drug-likeness (QED) is 0.183. The van der Waals surface area contributed by atoms with E-state index in [9.17, 15) is 0 Å². The first kappa shape index (κ1) is 29.8. The third-order valence-corrected chi connectivity index (χ3v) is 11.1. The molecule has 51 heavy (non-hydrogen) atoms. The van der Waals surface area contributed by atoms with Gasteiger partial charge >= 0.3 is 0 Å². The fourth-order valence-corrected chi connectivity index (χ4v) is 8.67. The van der Waals surface area contributed by atoms with Crippen LogP contribution in [0, 0.1) is 0 Å². The summed E-state index contributed by atoms with van der Waals surface area (Å²) in [5.41, 5.74) is 15.3. The summed E-state index contributed by atoms with van der Waals surface area (Å²) in [5, 5.41) is 4.92. The van der Waals surface area contributed by atoms with Crippen LogP contribution in [0.3, 0.4) is 0 Å². The molecule has 8 aromatic rings. The van der Waals surface area contributed by atoms with Crippen molar-refractivity contribution in [3.05, 3.63) is 181 Å². The number of hydrogen-bond donors (Lipinski definition) is 0. The predicted molar refractivity (Wildman–Crippen MR) is 215 cm³/mol. The number of para-hydroxylation sites is 1. The van der Waals surface area contributed by atoms with E-state index in [1.54, 1.807) is 0 Å². The van der Waals surface area contributed by atoms with Gasteiger partial charge in [-0.1, -0.05) is 135 Å². The number of allylic oxidation sites excluding steroid dienone is 4. The fourth-order valence-electron chi connectivity index (χ4n) is 8.67. The largest absolute Gasteiger partial charge is 0.455 e. The number of fused-ring (bicyclic) bond motifs is 10. The summed E-state index contributed by atoms with van der Waals surface area (Å²) >= 11 is 0. The summed E-state index contributed by atoms with van der Waals surface area (Å²) in [4.78, 5) is 2.42. The van der Waals surface area contributed by atoms with Gasteiger partial charge in [-0.2, -0.15) is 0 Å². The maximum absolute atomic E-state index is 6.77. The van der Waals surface area contributed by atoms with Gasteiger partial charge in [0.2, 0.25) is 0 Å². The SMILES string of the molecule is CC1(C)c2cc(N(c3ccc(C4=CC=CCC4)cc3)c3cccc(-c4ccccc4)c3)ccc2-c2c1c1ccccc1c1c2oc2ccccc21. The molecule has 244 valence electrons. The molecule has 1 aromatic heterocycles. The Morgan fingerprint density at radius 2 is 1.29 bits per heavy atom. The average molecular weight is 656 g/mol. The minimum atomic E-state index is -0.254. The lowest BCUT2D eigenvalue weighted by Crippen LogP contribution is -2.17. The molecule has 0 saturated heterocycles. The van der Waals surface area contributed by atoms with Crippen LogP contribution in [0.2, 0.25) is 0 Å². The molecule has 0 atom stereocenters. The van der Waals surface area contributed by atoms with Gasteiger partial charge in [0.15, 0.2) is 0 Å². The van der Waals surface area contributed by atoms with Crippen molar-refractivity contribution in [3.8, 4) is 22.3 Å². The molecule has 2 aliphatic rings. The molecule has 0 unspecified atom stereocenters. The standard InChI is InChI=1S/C49H37NO/c1-49(2)43-31-38(28-29-41(43)46-47(49)40-21-10-9-20-39(40)45-42-22-11-12-23-44(42)51-48(45)46)50(36-26-24-34(25-27-36)32-14-5-3-6-15-32)37-19-13-18-35(30-37)33-16-7-4-8-17-33/h3-5,7-14,16-31H,6,15H2,1-2H3. The van der Waals surface area contributed by atoms with E-state index in [0.717, 1.165) is 41.1 Å². The highest BCUT2D eigenvalue weighted by atomic mass is 16.3. The first-order valence-corrected chi connectivity index (χ1v) is 18.0. The highest BCUT2D eigenvalue weighted by Crippen LogP contribution is 2.57. The van der Waals surface area contributed by atoms with Crippen molar-refractivity contribution in [2.24, 2.45) is 0 Å². The Hall–Kier alpha value is -6.12. The highest BCUT2D eigenvalue weighted by Gasteiger charge is 2.40. The van der Waals surface area contributed by atoms with Gasteiger partial charge in [-0.25, -0.2) is 0 Å². The molecule has 0 bridgehead atoms. The van der Waals surface area contributed by atoms with Gasteiger partial charge in [-0.05, 0) is 105 Å². The number of hydrogen-bond acceptors (Lipinski definition) is 2. The molecule has 0 aliphatic heterocycles. The average Bonchev–Trinajstić information content (AvgIpc) is 3.69. The van der Waals surface area contributed by atoms with Crippen LogP contribution in [0.4, 0.5) is 17.1 Å². The van der Waals surface area contributed by atoms with Crippen molar-refractivity contribution in [1.82, 2.24) is 0 Å². The second-order valence-electron chi connectivity index (χ2n) is 14.4. The van der Waals surface area contributed by atoms with Crippen LogP contribution < -0.4 is 4.90 Å². The van der Waals surface area contributed by atoms with Crippen LogP contribution in [0.15, 0.2) is 168 Å². The molecule has 0 amide bonds. The van der Waals surface area contributed by atoms with Crippen LogP contribution in [0.25, 0.3) is 60.5 Å². The van der Waals surface area contributed by atoms with Gasteiger partial charge < -0.3 is 9.32 Å². The van der Waals surface area contributed by atoms with Gasteiger partial charge in [-0.3, -0.25) is 0 Å². The molecule has 0 spiro atoms. The Bertz CT molecular complexity index is 2710. The Morgan fingerprint density at radius 3 is 2.10 bits per heavy atom. The Morgan fingerprint density at radius 1 is 0.588 bits per heavy atom. The molecule has 1 heterocycles. The van der Waals surface area contributed by atoms with Crippen LogP contribution in [-0.2, 0) is 5.41 Å². The summed E-state index contributed by atoms with van der Waals surface area (Å²) in [6.07, 6.45) is 8.85. The molecule has 2 nitrogen and oxygen atoms in total. The van der Waals surface area contributed by atoms with Crippen LogP contribution >= 0.6 is 0 Å². The molecular weight excluding hydrogens is 619 g/mol. The first-order chi connectivity index (χ1) is 25.1. The zero-order valence-electron chi connectivity index (χ0n) is 28.9. The lowest BCUT2D eigenvalue weighted by Gasteiger charge is -2.29. The number of furan rings is 1. The zero-order chi connectivity index (χ0) is 34.1. The molecule has 7 aromatic carbocycles. The van der Waals surface area contributed by atoms with Crippen molar-refractivity contribution in [2.45, 2.75) is 32.1 Å². The first-order valence-electron chi connectivity index (χ1n) is 18.0. The van der Waals surface area contributed by atoms with Crippen LogP contribution in [0.1, 0.15) is 43.4 Å². The predicted octanol–water partition coefficient (Wildman–Crippen LogP) is 13.9. The second kappa shape index (κ2) is 11.5. The summed E-state index contributed by atoms with van der Waals surface area (Å²) in [5.74, 6) is 0. The van der Waals surface area contributed by atoms with E-state index in [0.29, 0.717) is 0 Å². The Labute approximate surface area is 298 Å². The monoisotopic (exact) mass is 655 g/mol. The van der Waals surface area contributed by atoms with Crippen molar-refractivity contribution in [3.63, 3.8) is 0 Å². The minimum absolute atomic E-state index is 0.254. The highest BCUT2D eigenvalue weighted by molar-refractivity contribution is 6.25. The normalized spacial score (nSPS) is 14.5. The van der Waals surface area contributed by atoms with E-state index in [1.807, 2.05) is 0 Å². The topological polar surface area (TPSA) is 16.4 Å². The van der Waals surface area contributed by atoms with Gasteiger partial charge in [0.1, 0.15) is 11.2 Å². The zero-order valence-corrected chi connectivity index (χ0v) is 28.9. The lowest BCUT2D eigenvalue weighted by molar-refractivity contribution is 0.658. The number of rotatable bonds is 5. The third kappa shape index (κ3) is 4.63. The Kier molecular flexibility index (Phi) is 6.69. The van der Waals surface area contributed by atoms with E-state index in [2.05, 4.69) is 183 Å². The van der Waals surface area contributed by atoms with Gasteiger partial charge in [0.05, 0.1) is 0 Å². The molecule has 0 radical (unpaired) electrons. The molecule has 0 saturated carbocycles. The van der Waals surface area contributed by atoms with Crippen LogP contribution in [-0.4, -0.2) is 0 Å². The number of nitrogens with zero attached hydrogens (tertiary/aromatic N) is 1. The Balaban J connectivity index is 1.18. The molecular formula is C49H37NO. The summed E-state index contributed by atoms with van der Waals surface area (Å²) in [6, 6.07) is 53.1. The smallest absolute Gasteiger partial charge is 0.144 e. The maximum Gasteiger partial charge on any atom is 0.144 e. The van der Waals surface area contributed by atoms with Crippen molar-refractivity contribution < 1.29 is 4.42 Å². The van der Waals surface area contributed by atoms with Crippen molar-refractivity contribution >= 4 is 55.3 Å². The summed E-state index contributed by atoms with van der Waals surface area (Å²) < 4.78 is 6.77. The van der Waals surface area contributed by atoms with Gasteiger partial charge in [-0.15, -0.1) is 0 Å². The molecule has 0 N–H and O–H groups in total. The minimum Gasteiger partial charge on any atom is -0.455 e. The van der Waals surface area contributed by atoms with E-state index >= 15 is 0 Å². The van der Waals surface area contributed by atoms with Gasteiger partial charge in [0, 0.05) is 38.8 Å². The molecule has 2 heteroatoms. The molecule has 2 aliphatic carbocycles. The number of anilines is 3. The molecule has 0 fully saturated rings. The van der Waals surface area contributed by atoms with Gasteiger partial charge in [0.25, 0.3) is 0 Å². The van der Waals surface area contributed by atoms with E-state index in [-0.39, 0.29) is 5.41 Å². The lowest BCUT2D eigenvalue weighted by atomic mass is 9.79. The maximum atomic E-state index is 6.77. The van der Waals surface area contributed by atoms with E-state index in [1.165, 1.54) is 66.1 Å². The number of benzene rings is 7. The van der Waals surface area contributed by atoms with Crippen molar-refractivity contribution in [2.75, 3.05) is 4.90 Å². The second-order valence-corrected chi connectivity index (χ2v) is 14.4. The molecule has 10 rings (SSSR count). The summed E-state index contributed by atoms with van der Waals surface area (Å²) in [6.45, 7) is 4.76. The van der Waals surface area contributed by atoms with E-state index in [4.69, 9.17) is 4.42 Å². The van der Waals surface area contributed by atoms with E-state index < -0.39 is 0 Å².